The number of ether oxygens (including phenoxy) is 2. The summed E-state index contributed by atoms with van der Waals surface area (Å²) >= 11 is 0. The summed E-state index contributed by atoms with van der Waals surface area (Å²) < 4.78 is 10.7. The van der Waals surface area contributed by atoms with Gasteiger partial charge in [0.25, 0.3) is 0 Å². The fourth-order valence-electron chi connectivity index (χ4n) is 3.06. The number of nitrogens with one attached hydrogen (secondary N) is 1. The Balaban J connectivity index is 1.86. The molecule has 0 bridgehead atoms. The second-order valence-corrected chi connectivity index (χ2v) is 6.44. The highest BCUT2D eigenvalue weighted by molar-refractivity contribution is 5.80. The maximum atomic E-state index is 5.37. The van der Waals surface area contributed by atoms with Gasteiger partial charge in [-0.2, -0.15) is 0 Å². The van der Waals surface area contributed by atoms with E-state index < -0.39 is 0 Å². The van der Waals surface area contributed by atoms with E-state index in [9.17, 15) is 0 Å². The Morgan fingerprint density at radius 2 is 2.04 bits per heavy atom. The monoisotopic (exact) mass is 333 g/mol. The molecule has 134 valence electrons. The Kier molecular flexibility index (Phi) is 6.76. The van der Waals surface area contributed by atoms with Gasteiger partial charge in [0.2, 0.25) is 0 Å². The minimum Gasteiger partial charge on any atom is -0.493 e. The predicted molar refractivity (Wildman–Crippen MR) is 99.2 cm³/mol. The van der Waals surface area contributed by atoms with Gasteiger partial charge in [-0.05, 0) is 42.9 Å². The second-order valence-electron chi connectivity index (χ2n) is 6.44. The van der Waals surface area contributed by atoms with Crippen molar-refractivity contribution in [3.63, 3.8) is 0 Å². The molecule has 1 fully saturated rings. The summed E-state index contributed by atoms with van der Waals surface area (Å²) in [6.45, 7) is 3.15. The first kappa shape index (κ1) is 18.4. The first-order valence-electron chi connectivity index (χ1n) is 8.78. The van der Waals surface area contributed by atoms with Crippen LogP contribution in [-0.2, 0) is 6.42 Å². The lowest BCUT2D eigenvalue weighted by Gasteiger charge is -2.22. The Morgan fingerprint density at radius 1 is 1.29 bits per heavy atom. The lowest BCUT2D eigenvalue weighted by molar-refractivity contribution is 0.354. The maximum Gasteiger partial charge on any atom is 0.193 e. The smallest absolute Gasteiger partial charge is 0.193 e. The van der Waals surface area contributed by atoms with Crippen LogP contribution in [0.3, 0.4) is 0 Å². The Hall–Kier alpha value is -1.91. The highest BCUT2D eigenvalue weighted by Gasteiger charge is 2.36. The summed E-state index contributed by atoms with van der Waals surface area (Å²) in [7, 11) is 7.27. The van der Waals surface area contributed by atoms with Crippen molar-refractivity contribution in [3.05, 3.63) is 23.8 Å². The number of methoxy groups -OCH3 is 2. The van der Waals surface area contributed by atoms with E-state index in [1.807, 2.05) is 19.2 Å². The van der Waals surface area contributed by atoms with Gasteiger partial charge >= 0.3 is 0 Å². The molecule has 0 aromatic heterocycles. The Labute approximate surface area is 146 Å². The van der Waals surface area contributed by atoms with E-state index in [1.165, 1.54) is 24.8 Å². The molecule has 0 heterocycles. The van der Waals surface area contributed by atoms with Crippen LogP contribution in [0, 0.1) is 5.92 Å². The molecule has 1 saturated carbocycles. The Morgan fingerprint density at radius 3 is 2.67 bits per heavy atom. The van der Waals surface area contributed by atoms with E-state index in [0.717, 1.165) is 36.3 Å². The topological polar surface area (TPSA) is 46.1 Å². The molecule has 0 amide bonds. The number of hydrogen-bond donors (Lipinski definition) is 1. The van der Waals surface area contributed by atoms with Crippen LogP contribution >= 0.6 is 0 Å². The zero-order valence-electron chi connectivity index (χ0n) is 15.6. The van der Waals surface area contributed by atoms with E-state index in [2.05, 4.69) is 35.2 Å². The number of hydrogen-bond acceptors (Lipinski definition) is 3. The molecule has 2 atom stereocenters. The summed E-state index contributed by atoms with van der Waals surface area (Å²) in [5.74, 6) is 3.36. The molecule has 2 unspecified atom stereocenters. The molecule has 0 spiro atoms. The van der Waals surface area contributed by atoms with Gasteiger partial charge in [0.15, 0.2) is 17.5 Å². The van der Waals surface area contributed by atoms with Crippen molar-refractivity contribution in [2.45, 2.75) is 38.6 Å². The van der Waals surface area contributed by atoms with Crippen molar-refractivity contribution >= 4 is 5.96 Å². The van der Waals surface area contributed by atoms with Gasteiger partial charge in [-0.1, -0.05) is 19.4 Å². The third kappa shape index (κ3) is 4.79. The summed E-state index contributed by atoms with van der Waals surface area (Å²) in [4.78, 5) is 6.62. The quantitative estimate of drug-likeness (QED) is 0.587. The van der Waals surface area contributed by atoms with Crippen LogP contribution in [0.5, 0.6) is 11.5 Å². The van der Waals surface area contributed by atoms with Gasteiger partial charge in [-0.3, -0.25) is 4.99 Å². The fraction of sp³-hybridized carbons (Fsp3) is 0.632. The highest BCUT2D eigenvalue weighted by Crippen LogP contribution is 2.34. The van der Waals surface area contributed by atoms with Crippen LogP contribution in [0.25, 0.3) is 0 Å². The van der Waals surface area contributed by atoms with Crippen molar-refractivity contribution in [1.82, 2.24) is 10.2 Å². The third-order valence-corrected chi connectivity index (χ3v) is 4.65. The average Bonchev–Trinajstić information content (AvgIpc) is 3.35. The molecule has 1 aliphatic carbocycles. The molecule has 1 N–H and O–H groups in total. The number of benzene rings is 1. The Bertz CT molecular complexity index is 560. The van der Waals surface area contributed by atoms with Crippen LogP contribution in [0.2, 0.25) is 0 Å². The SMILES string of the molecule is CCCC1CC1NC(=NC)N(C)CCc1ccc(OC)c(OC)c1. The summed E-state index contributed by atoms with van der Waals surface area (Å²) in [6, 6.07) is 6.69. The number of guanidine groups is 1. The zero-order chi connectivity index (χ0) is 17.5. The molecule has 1 aliphatic rings. The molecule has 5 heteroatoms. The van der Waals surface area contributed by atoms with E-state index in [4.69, 9.17) is 9.47 Å². The van der Waals surface area contributed by atoms with Crippen molar-refractivity contribution < 1.29 is 9.47 Å². The van der Waals surface area contributed by atoms with Crippen LogP contribution in [0.4, 0.5) is 0 Å². The zero-order valence-corrected chi connectivity index (χ0v) is 15.6. The average molecular weight is 333 g/mol. The van der Waals surface area contributed by atoms with Gasteiger partial charge in [-0.15, -0.1) is 0 Å². The molecule has 2 rings (SSSR count). The summed E-state index contributed by atoms with van der Waals surface area (Å²) in [5, 5.41) is 3.58. The first-order chi connectivity index (χ1) is 11.6. The molecule has 1 aromatic carbocycles. The molecule has 0 radical (unpaired) electrons. The van der Waals surface area contributed by atoms with Crippen molar-refractivity contribution in [2.75, 3.05) is 34.9 Å². The van der Waals surface area contributed by atoms with Crippen molar-refractivity contribution in [3.8, 4) is 11.5 Å². The van der Waals surface area contributed by atoms with Crippen LogP contribution in [0.1, 0.15) is 31.7 Å². The van der Waals surface area contributed by atoms with Crippen LogP contribution < -0.4 is 14.8 Å². The maximum absolute atomic E-state index is 5.37. The lowest BCUT2D eigenvalue weighted by atomic mass is 10.1. The molecule has 0 aliphatic heterocycles. The molecule has 0 saturated heterocycles. The van der Waals surface area contributed by atoms with Gasteiger partial charge in [0.1, 0.15) is 0 Å². The van der Waals surface area contributed by atoms with Crippen molar-refractivity contribution in [2.24, 2.45) is 10.9 Å². The molecule has 1 aromatic rings. The number of rotatable bonds is 8. The second kappa shape index (κ2) is 8.81. The van der Waals surface area contributed by atoms with Gasteiger partial charge < -0.3 is 19.7 Å². The number of likely N-dealkylation sites (N-methyl/N-ethyl adjacent to an activating group) is 1. The largest absolute Gasteiger partial charge is 0.493 e. The molecular weight excluding hydrogens is 302 g/mol. The van der Waals surface area contributed by atoms with E-state index >= 15 is 0 Å². The number of aliphatic imine (C=N–C) groups is 1. The van der Waals surface area contributed by atoms with Crippen LogP contribution in [-0.4, -0.2) is 51.8 Å². The third-order valence-electron chi connectivity index (χ3n) is 4.65. The van der Waals surface area contributed by atoms with Crippen molar-refractivity contribution in [1.29, 1.82) is 0 Å². The minimum absolute atomic E-state index is 0.604. The van der Waals surface area contributed by atoms with E-state index in [0.29, 0.717) is 6.04 Å². The highest BCUT2D eigenvalue weighted by atomic mass is 16.5. The fourth-order valence-corrected chi connectivity index (χ4v) is 3.06. The summed E-state index contributed by atoms with van der Waals surface area (Å²) in [6.07, 6.45) is 4.78. The van der Waals surface area contributed by atoms with Gasteiger partial charge in [-0.25, -0.2) is 0 Å². The molecular formula is C19H31N3O2. The summed E-state index contributed by atoms with van der Waals surface area (Å²) in [5.41, 5.74) is 1.23. The van der Waals surface area contributed by atoms with E-state index in [1.54, 1.807) is 14.2 Å². The minimum atomic E-state index is 0.604. The normalized spacial score (nSPS) is 19.8. The lowest BCUT2D eigenvalue weighted by Crippen LogP contribution is -2.41. The standard InChI is InChI=1S/C19H31N3O2/c1-6-7-15-13-16(15)21-19(20-2)22(3)11-10-14-8-9-17(23-4)18(12-14)24-5/h8-9,12,15-16H,6-7,10-11,13H2,1-5H3,(H,20,21). The van der Waals surface area contributed by atoms with E-state index in [-0.39, 0.29) is 0 Å². The first-order valence-corrected chi connectivity index (χ1v) is 8.78. The van der Waals surface area contributed by atoms with Crippen LogP contribution in [0.15, 0.2) is 23.2 Å². The molecule has 24 heavy (non-hydrogen) atoms. The predicted octanol–water partition coefficient (Wildman–Crippen LogP) is 2.94. The molecule has 5 nitrogen and oxygen atoms in total. The van der Waals surface area contributed by atoms with Gasteiger partial charge in [0, 0.05) is 26.7 Å². The number of nitrogens with zero attached hydrogens (tertiary/aromatic N) is 2. The van der Waals surface area contributed by atoms with Gasteiger partial charge in [0.05, 0.1) is 14.2 Å².